The Balaban J connectivity index is 2.20. The summed E-state index contributed by atoms with van der Waals surface area (Å²) in [5, 5.41) is 12.8. The first kappa shape index (κ1) is 14.5. The normalized spacial score (nSPS) is 13.4. The minimum absolute atomic E-state index is 0.0762. The van der Waals surface area contributed by atoms with Crippen molar-refractivity contribution in [1.82, 2.24) is 10.1 Å². The molecule has 0 bridgehead atoms. The van der Waals surface area contributed by atoms with Crippen LogP contribution in [0.2, 0.25) is 0 Å². The lowest BCUT2D eigenvalue weighted by Gasteiger charge is -2.10. The van der Waals surface area contributed by atoms with Crippen molar-refractivity contribution in [3.63, 3.8) is 0 Å². The third-order valence-corrected chi connectivity index (χ3v) is 2.65. The number of alkyl halides is 3. The average Bonchev–Trinajstić information content (AvgIpc) is 2.75. The molecule has 1 unspecified atom stereocenters. The van der Waals surface area contributed by atoms with E-state index in [0.717, 1.165) is 6.07 Å². The van der Waals surface area contributed by atoms with Crippen molar-refractivity contribution in [2.24, 2.45) is 0 Å². The van der Waals surface area contributed by atoms with Gasteiger partial charge in [0.25, 0.3) is 0 Å². The third-order valence-electron chi connectivity index (χ3n) is 2.65. The van der Waals surface area contributed by atoms with Gasteiger partial charge in [-0.25, -0.2) is 0 Å². The van der Waals surface area contributed by atoms with E-state index in [1.807, 2.05) is 0 Å². The van der Waals surface area contributed by atoms with Crippen LogP contribution < -0.4 is 0 Å². The van der Waals surface area contributed by atoms with E-state index in [4.69, 9.17) is 4.52 Å². The van der Waals surface area contributed by atoms with Crippen LogP contribution in [0.5, 0.6) is 0 Å². The second kappa shape index (κ2) is 5.62. The molecule has 0 spiro atoms. The average molecular weight is 286 g/mol. The second-order valence-electron chi connectivity index (χ2n) is 4.49. The van der Waals surface area contributed by atoms with Gasteiger partial charge in [-0.05, 0) is 18.6 Å². The van der Waals surface area contributed by atoms with E-state index in [0.29, 0.717) is 0 Å². The maximum Gasteiger partial charge on any atom is 0.416 e. The summed E-state index contributed by atoms with van der Waals surface area (Å²) in [6.07, 6.45) is -4.95. The topological polar surface area (TPSA) is 59.2 Å². The summed E-state index contributed by atoms with van der Waals surface area (Å²) < 4.78 is 43.4. The van der Waals surface area contributed by atoms with Crippen LogP contribution in [0.4, 0.5) is 13.2 Å². The molecule has 0 aliphatic rings. The third kappa shape index (κ3) is 3.57. The van der Waals surface area contributed by atoms with Gasteiger partial charge in [0.15, 0.2) is 5.82 Å². The van der Waals surface area contributed by atoms with Crippen molar-refractivity contribution in [2.75, 3.05) is 0 Å². The van der Waals surface area contributed by atoms with E-state index < -0.39 is 17.8 Å². The SMILES string of the molecule is CC(O)Cc1noc(Cc2ccccc2C(F)(F)F)n1. The van der Waals surface area contributed by atoms with Crippen molar-refractivity contribution in [2.45, 2.75) is 32.0 Å². The zero-order valence-corrected chi connectivity index (χ0v) is 10.7. The Morgan fingerprint density at radius 2 is 2.00 bits per heavy atom. The number of aliphatic hydroxyl groups is 1. The van der Waals surface area contributed by atoms with Crippen LogP contribution in [0.1, 0.15) is 29.8 Å². The Kier molecular flexibility index (Phi) is 4.08. The number of aliphatic hydroxyl groups excluding tert-OH is 1. The Hall–Kier alpha value is -1.89. The highest BCUT2D eigenvalue weighted by Crippen LogP contribution is 2.32. The molecule has 1 aromatic carbocycles. The molecule has 0 radical (unpaired) electrons. The number of rotatable bonds is 4. The van der Waals surface area contributed by atoms with E-state index in [-0.39, 0.29) is 30.1 Å². The number of benzene rings is 1. The van der Waals surface area contributed by atoms with E-state index in [1.165, 1.54) is 18.2 Å². The number of hydrogen-bond acceptors (Lipinski definition) is 4. The van der Waals surface area contributed by atoms with Gasteiger partial charge in [0, 0.05) is 6.42 Å². The maximum atomic E-state index is 12.8. The van der Waals surface area contributed by atoms with Gasteiger partial charge < -0.3 is 9.63 Å². The van der Waals surface area contributed by atoms with Gasteiger partial charge in [0.05, 0.1) is 18.1 Å². The first-order valence-corrected chi connectivity index (χ1v) is 6.01. The number of nitrogens with zero attached hydrogens (tertiary/aromatic N) is 2. The first-order valence-electron chi connectivity index (χ1n) is 6.01. The maximum absolute atomic E-state index is 12.8. The molecule has 0 fully saturated rings. The zero-order valence-electron chi connectivity index (χ0n) is 10.7. The molecule has 0 amide bonds. The number of aromatic nitrogens is 2. The Morgan fingerprint density at radius 1 is 1.30 bits per heavy atom. The zero-order chi connectivity index (χ0) is 14.8. The lowest BCUT2D eigenvalue weighted by molar-refractivity contribution is -0.138. The standard InChI is InChI=1S/C13H13F3N2O2/c1-8(19)6-11-17-12(20-18-11)7-9-4-2-3-5-10(9)13(14,15)16/h2-5,8,19H,6-7H2,1H3. The molecule has 1 heterocycles. The highest BCUT2D eigenvalue weighted by molar-refractivity contribution is 5.31. The quantitative estimate of drug-likeness (QED) is 0.938. The highest BCUT2D eigenvalue weighted by Gasteiger charge is 2.33. The first-order chi connectivity index (χ1) is 9.36. The van der Waals surface area contributed by atoms with Gasteiger partial charge in [0.2, 0.25) is 5.89 Å². The molecule has 0 saturated carbocycles. The van der Waals surface area contributed by atoms with E-state index >= 15 is 0 Å². The fourth-order valence-electron chi connectivity index (χ4n) is 1.82. The minimum Gasteiger partial charge on any atom is -0.393 e. The summed E-state index contributed by atoms with van der Waals surface area (Å²) >= 11 is 0. The molecule has 1 aromatic heterocycles. The van der Waals surface area contributed by atoms with Crippen LogP contribution in [-0.2, 0) is 19.0 Å². The molecule has 1 atom stereocenters. The smallest absolute Gasteiger partial charge is 0.393 e. The monoisotopic (exact) mass is 286 g/mol. The summed E-state index contributed by atoms with van der Waals surface area (Å²) in [4.78, 5) is 3.96. The summed E-state index contributed by atoms with van der Waals surface area (Å²) in [5.41, 5.74) is -0.637. The molecule has 7 heteroatoms. The molecule has 20 heavy (non-hydrogen) atoms. The minimum atomic E-state index is -4.42. The van der Waals surface area contributed by atoms with E-state index in [2.05, 4.69) is 10.1 Å². The predicted molar refractivity (Wildman–Crippen MR) is 63.9 cm³/mol. The van der Waals surface area contributed by atoms with Crippen molar-refractivity contribution >= 4 is 0 Å². The molecule has 0 saturated heterocycles. The molecule has 108 valence electrons. The molecule has 1 N–H and O–H groups in total. The summed E-state index contributed by atoms with van der Waals surface area (Å²) in [7, 11) is 0. The van der Waals surface area contributed by atoms with Crippen molar-refractivity contribution < 1.29 is 22.8 Å². The van der Waals surface area contributed by atoms with Crippen LogP contribution in [0.3, 0.4) is 0 Å². The largest absolute Gasteiger partial charge is 0.416 e. The summed E-state index contributed by atoms with van der Waals surface area (Å²) in [6, 6.07) is 5.25. The molecular formula is C13H13F3N2O2. The molecule has 2 aromatic rings. The van der Waals surface area contributed by atoms with Crippen LogP contribution >= 0.6 is 0 Å². The molecule has 2 rings (SSSR count). The van der Waals surface area contributed by atoms with Gasteiger partial charge in [-0.1, -0.05) is 23.4 Å². The van der Waals surface area contributed by atoms with Gasteiger partial charge in [-0.2, -0.15) is 18.2 Å². The van der Waals surface area contributed by atoms with Crippen LogP contribution in [-0.4, -0.2) is 21.4 Å². The lowest BCUT2D eigenvalue weighted by Crippen LogP contribution is -2.09. The Labute approximate surface area is 113 Å². The van der Waals surface area contributed by atoms with Crippen LogP contribution in [0.15, 0.2) is 28.8 Å². The highest BCUT2D eigenvalue weighted by atomic mass is 19.4. The van der Waals surface area contributed by atoms with Gasteiger partial charge >= 0.3 is 6.18 Å². The lowest BCUT2D eigenvalue weighted by atomic mass is 10.0. The van der Waals surface area contributed by atoms with Crippen molar-refractivity contribution in [3.05, 3.63) is 47.1 Å². The van der Waals surface area contributed by atoms with Crippen molar-refractivity contribution in [1.29, 1.82) is 0 Å². The fraction of sp³-hybridized carbons (Fsp3) is 0.385. The molecule has 4 nitrogen and oxygen atoms in total. The van der Waals surface area contributed by atoms with Gasteiger partial charge in [-0.15, -0.1) is 0 Å². The van der Waals surface area contributed by atoms with Gasteiger partial charge in [-0.3, -0.25) is 0 Å². The molecule has 0 aliphatic heterocycles. The second-order valence-corrected chi connectivity index (χ2v) is 4.49. The van der Waals surface area contributed by atoms with E-state index in [1.54, 1.807) is 6.92 Å². The molecule has 0 aliphatic carbocycles. The van der Waals surface area contributed by atoms with Crippen LogP contribution in [0.25, 0.3) is 0 Å². The number of halogens is 3. The fourth-order valence-corrected chi connectivity index (χ4v) is 1.82. The predicted octanol–water partition coefficient (Wildman–Crippen LogP) is 2.60. The Bertz CT molecular complexity index is 579. The van der Waals surface area contributed by atoms with Crippen molar-refractivity contribution in [3.8, 4) is 0 Å². The number of hydrogen-bond donors (Lipinski definition) is 1. The van der Waals surface area contributed by atoms with E-state index in [9.17, 15) is 18.3 Å². The summed E-state index contributed by atoms with van der Waals surface area (Å²) in [5.74, 6) is 0.372. The van der Waals surface area contributed by atoms with Gasteiger partial charge in [0.1, 0.15) is 0 Å². The summed E-state index contributed by atoms with van der Waals surface area (Å²) in [6.45, 7) is 1.56. The molecular weight excluding hydrogens is 273 g/mol. The van der Waals surface area contributed by atoms with Crippen LogP contribution in [0, 0.1) is 0 Å². The Morgan fingerprint density at radius 3 is 2.65 bits per heavy atom.